The zero-order valence-electron chi connectivity index (χ0n) is 16.1. The van der Waals surface area contributed by atoms with E-state index in [1.54, 1.807) is 22.1 Å². The van der Waals surface area contributed by atoms with Crippen molar-refractivity contribution in [2.45, 2.75) is 38.8 Å². The van der Waals surface area contributed by atoms with Crippen molar-refractivity contribution in [1.29, 1.82) is 0 Å². The van der Waals surface area contributed by atoms with Crippen LogP contribution in [0.3, 0.4) is 0 Å². The quantitative estimate of drug-likeness (QED) is 0.780. The van der Waals surface area contributed by atoms with E-state index in [4.69, 9.17) is 0 Å². The standard InChI is InChI=1S/C20H25N5O3/c1-12-8-13(2)24(20(28)23-12)7-6-22-19(27)18-15-9-14(10-21-11-15)16-4-3-5-17(26)25(16)18/h3-5,8,14-15,18,21H,6-7,9-11H2,1-2H3,(H,22,27)/t14-,15+,18-/m1/s1. The van der Waals surface area contributed by atoms with Gasteiger partial charge in [-0.1, -0.05) is 6.07 Å². The number of aromatic nitrogens is 3. The minimum atomic E-state index is -0.526. The number of carbonyl (C=O) groups is 1. The van der Waals surface area contributed by atoms with Crippen LogP contribution in [-0.4, -0.2) is 39.7 Å². The Morgan fingerprint density at radius 1 is 1.29 bits per heavy atom. The fourth-order valence-corrected chi connectivity index (χ4v) is 4.57. The summed E-state index contributed by atoms with van der Waals surface area (Å²) in [7, 11) is 0. The van der Waals surface area contributed by atoms with Crippen LogP contribution in [0.2, 0.25) is 0 Å². The van der Waals surface area contributed by atoms with E-state index in [0.29, 0.717) is 18.8 Å². The zero-order valence-corrected chi connectivity index (χ0v) is 16.1. The number of carbonyl (C=O) groups excluding carboxylic acids is 1. The van der Waals surface area contributed by atoms with Crippen molar-refractivity contribution in [3.63, 3.8) is 0 Å². The highest BCUT2D eigenvalue weighted by molar-refractivity contribution is 5.81. The minimum Gasteiger partial charge on any atom is -0.352 e. The Bertz CT molecular complexity index is 1030. The van der Waals surface area contributed by atoms with E-state index >= 15 is 0 Å². The molecule has 1 fully saturated rings. The Balaban J connectivity index is 1.53. The summed E-state index contributed by atoms with van der Waals surface area (Å²) in [5.41, 5.74) is 1.96. The van der Waals surface area contributed by atoms with Crippen molar-refractivity contribution >= 4 is 5.91 Å². The largest absolute Gasteiger partial charge is 0.352 e. The number of piperidine rings is 1. The van der Waals surface area contributed by atoms with Crippen LogP contribution < -0.4 is 21.9 Å². The summed E-state index contributed by atoms with van der Waals surface area (Å²) in [5.74, 6) is 0.167. The number of amides is 1. The molecule has 0 saturated carbocycles. The molecule has 2 bridgehead atoms. The number of pyridine rings is 1. The van der Waals surface area contributed by atoms with Gasteiger partial charge in [0.15, 0.2) is 0 Å². The highest BCUT2D eigenvalue weighted by Gasteiger charge is 2.41. The van der Waals surface area contributed by atoms with Crippen molar-refractivity contribution in [3.8, 4) is 0 Å². The lowest BCUT2D eigenvalue weighted by Gasteiger charge is -2.42. The van der Waals surface area contributed by atoms with Gasteiger partial charge in [0.25, 0.3) is 5.56 Å². The Morgan fingerprint density at radius 3 is 2.89 bits per heavy atom. The number of aryl methyl sites for hydroxylation is 2. The molecule has 0 aliphatic carbocycles. The summed E-state index contributed by atoms with van der Waals surface area (Å²) in [4.78, 5) is 41.6. The summed E-state index contributed by atoms with van der Waals surface area (Å²) >= 11 is 0. The van der Waals surface area contributed by atoms with Crippen LogP contribution in [0, 0.1) is 19.8 Å². The van der Waals surface area contributed by atoms with E-state index in [-0.39, 0.29) is 29.0 Å². The first-order chi connectivity index (χ1) is 13.5. The third-order valence-corrected chi connectivity index (χ3v) is 5.80. The molecule has 148 valence electrons. The van der Waals surface area contributed by atoms with Crippen LogP contribution >= 0.6 is 0 Å². The van der Waals surface area contributed by atoms with E-state index in [2.05, 4.69) is 15.6 Å². The number of nitrogens with one attached hydrogen (secondary N) is 2. The van der Waals surface area contributed by atoms with E-state index in [1.807, 2.05) is 19.1 Å². The van der Waals surface area contributed by atoms with Crippen LogP contribution in [0.1, 0.15) is 35.5 Å². The van der Waals surface area contributed by atoms with E-state index in [1.165, 1.54) is 6.07 Å². The maximum atomic E-state index is 13.0. The molecule has 2 aromatic heterocycles. The minimum absolute atomic E-state index is 0.0804. The smallest absolute Gasteiger partial charge is 0.348 e. The number of hydrogen-bond donors (Lipinski definition) is 2. The van der Waals surface area contributed by atoms with E-state index < -0.39 is 6.04 Å². The highest BCUT2D eigenvalue weighted by Crippen LogP contribution is 2.38. The maximum Gasteiger partial charge on any atom is 0.348 e. The van der Waals surface area contributed by atoms with E-state index in [9.17, 15) is 14.4 Å². The molecule has 0 spiro atoms. The van der Waals surface area contributed by atoms with Crippen molar-refractivity contribution in [1.82, 2.24) is 24.8 Å². The first kappa shape index (κ1) is 18.6. The molecule has 2 N–H and O–H groups in total. The molecule has 8 nitrogen and oxygen atoms in total. The molecule has 1 amide bonds. The average molecular weight is 383 g/mol. The van der Waals surface area contributed by atoms with Crippen molar-refractivity contribution in [2.24, 2.45) is 5.92 Å². The second-order valence-corrected chi connectivity index (χ2v) is 7.72. The second kappa shape index (κ2) is 7.35. The SMILES string of the molecule is Cc1cc(C)n(CCNC(=O)[C@H]2[C@@H]3CNC[C@@H](C3)c3cccc(=O)n32)c(=O)n1. The highest BCUT2D eigenvalue weighted by atomic mass is 16.2. The van der Waals surface area contributed by atoms with Crippen LogP contribution in [0.4, 0.5) is 0 Å². The van der Waals surface area contributed by atoms with Gasteiger partial charge in [0, 0.05) is 61.2 Å². The van der Waals surface area contributed by atoms with Gasteiger partial charge < -0.3 is 10.6 Å². The number of nitrogens with zero attached hydrogens (tertiary/aromatic N) is 3. The van der Waals surface area contributed by atoms with E-state index in [0.717, 1.165) is 30.9 Å². The van der Waals surface area contributed by atoms with Crippen molar-refractivity contribution in [2.75, 3.05) is 19.6 Å². The zero-order chi connectivity index (χ0) is 19.8. The topological polar surface area (TPSA) is 98.0 Å². The predicted molar refractivity (Wildman–Crippen MR) is 104 cm³/mol. The van der Waals surface area contributed by atoms with Crippen LogP contribution in [-0.2, 0) is 11.3 Å². The number of hydrogen-bond acceptors (Lipinski definition) is 5. The fourth-order valence-electron chi connectivity index (χ4n) is 4.57. The van der Waals surface area contributed by atoms with Gasteiger partial charge in [-0.25, -0.2) is 4.79 Å². The second-order valence-electron chi connectivity index (χ2n) is 7.72. The lowest BCUT2D eigenvalue weighted by molar-refractivity contribution is -0.127. The molecule has 0 aromatic carbocycles. The summed E-state index contributed by atoms with van der Waals surface area (Å²) in [6, 6.07) is 6.53. The normalized spacial score (nSPS) is 23.1. The molecular formula is C20H25N5O3. The Morgan fingerprint density at radius 2 is 2.11 bits per heavy atom. The van der Waals surface area contributed by atoms with Gasteiger partial charge in [-0.05, 0) is 32.4 Å². The van der Waals surface area contributed by atoms with Crippen molar-refractivity contribution < 1.29 is 4.79 Å². The van der Waals surface area contributed by atoms with Gasteiger partial charge in [-0.3, -0.25) is 18.7 Å². The lowest BCUT2D eigenvalue weighted by atomic mass is 9.79. The molecule has 3 atom stereocenters. The summed E-state index contributed by atoms with van der Waals surface area (Å²) in [5, 5.41) is 6.31. The molecule has 2 aromatic rings. The number of fused-ring (bicyclic) bond motifs is 4. The molecule has 4 heterocycles. The molecule has 8 heteroatoms. The predicted octanol–water partition coefficient (Wildman–Crippen LogP) is 0.0860. The molecule has 0 radical (unpaired) electrons. The molecule has 28 heavy (non-hydrogen) atoms. The maximum absolute atomic E-state index is 13.0. The van der Waals surface area contributed by atoms with Crippen LogP contribution in [0.5, 0.6) is 0 Å². The van der Waals surface area contributed by atoms with Gasteiger partial charge in [0.2, 0.25) is 5.91 Å². The fraction of sp³-hybridized carbons (Fsp3) is 0.500. The first-order valence-corrected chi connectivity index (χ1v) is 9.70. The molecule has 0 unspecified atom stereocenters. The van der Waals surface area contributed by atoms with Gasteiger partial charge in [0.1, 0.15) is 6.04 Å². The molecule has 4 rings (SSSR count). The Hall–Kier alpha value is -2.74. The molecule has 2 aliphatic rings. The number of rotatable bonds is 4. The first-order valence-electron chi connectivity index (χ1n) is 9.70. The third-order valence-electron chi connectivity index (χ3n) is 5.80. The van der Waals surface area contributed by atoms with Gasteiger partial charge in [-0.15, -0.1) is 0 Å². The summed E-state index contributed by atoms with van der Waals surface area (Å²) in [6.07, 6.45) is 0.898. The molecular weight excluding hydrogens is 358 g/mol. The van der Waals surface area contributed by atoms with Gasteiger partial charge >= 0.3 is 5.69 Å². The summed E-state index contributed by atoms with van der Waals surface area (Å²) < 4.78 is 3.21. The van der Waals surface area contributed by atoms with Gasteiger partial charge in [0.05, 0.1) is 0 Å². The average Bonchev–Trinajstić information content (AvgIpc) is 2.65. The van der Waals surface area contributed by atoms with Crippen LogP contribution in [0.15, 0.2) is 33.9 Å². The molecule has 2 aliphatic heterocycles. The third kappa shape index (κ3) is 3.28. The lowest BCUT2D eigenvalue weighted by Crippen LogP contribution is -2.52. The monoisotopic (exact) mass is 383 g/mol. The summed E-state index contributed by atoms with van der Waals surface area (Å²) in [6.45, 7) is 5.83. The van der Waals surface area contributed by atoms with Crippen molar-refractivity contribution in [3.05, 3.63) is 62.2 Å². The molecule has 1 saturated heterocycles. The Labute approximate surface area is 162 Å². The van der Waals surface area contributed by atoms with Gasteiger partial charge in [-0.2, -0.15) is 4.98 Å². The van der Waals surface area contributed by atoms with Crippen LogP contribution in [0.25, 0.3) is 0 Å². The Kier molecular flexibility index (Phi) is 4.89.